The van der Waals surface area contributed by atoms with Crippen LogP contribution >= 0.6 is 0 Å². The van der Waals surface area contributed by atoms with Crippen molar-refractivity contribution in [2.75, 3.05) is 7.11 Å². The Bertz CT molecular complexity index is 281. The minimum absolute atomic E-state index is 0.617. The zero-order valence-electron chi connectivity index (χ0n) is 7.95. The molecule has 4 heteroatoms. The summed E-state index contributed by atoms with van der Waals surface area (Å²) in [7, 11) is 1.26. The normalized spacial score (nSPS) is 16.8. The van der Waals surface area contributed by atoms with E-state index < -0.39 is 12.1 Å². The average molecular weight is 194 g/mol. The highest BCUT2D eigenvalue weighted by Crippen LogP contribution is 2.13. The molecule has 0 aromatic carbocycles. The summed E-state index contributed by atoms with van der Waals surface area (Å²) in [6, 6.07) is -0.688. The molecule has 0 aliphatic heterocycles. The number of amides is 1. The third kappa shape index (κ3) is 2.73. The van der Waals surface area contributed by atoms with Gasteiger partial charge in [-0.3, -0.25) is 4.79 Å². The number of carbonyl (C=O) groups is 1. The first kappa shape index (κ1) is 10.5. The van der Waals surface area contributed by atoms with E-state index in [0.717, 1.165) is 12.0 Å². The van der Waals surface area contributed by atoms with Gasteiger partial charge >= 0.3 is 6.09 Å². The van der Waals surface area contributed by atoms with Gasteiger partial charge in [-0.1, -0.05) is 18.2 Å². The Morgan fingerprint density at radius 2 is 2.43 bits per heavy atom. The van der Waals surface area contributed by atoms with Gasteiger partial charge in [-0.25, -0.2) is 4.79 Å². The lowest BCUT2D eigenvalue weighted by molar-refractivity contribution is 0.170. The fourth-order valence-corrected chi connectivity index (χ4v) is 1.23. The summed E-state index contributed by atoms with van der Waals surface area (Å²) in [6.07, 6.45) is 8.48. The van der Waals surface area contributed by atoms with Gasteiger partial charge in [0.15, 0.2) is 0 Å². The predicted molar refractivity (Wildman–Crippen MR) is 51.5 cm³/mol. The molecule has 1 rings (SSSR count). The Hall–Kier alpha value is -1.58. The zero-order valence-corrected chi connectivity index (χ0v) is 7.95. The van der Waals surface area contributed by atoms with Gasteiger partial charge in [-0.2, -0.15) is 0 Å². The lowest BCUT2D eigenvalue weighted by atomic mass is 9.99. The molecule has 1 amide bonds. The van der Waals surface area contributed by atoms with E-state index in [0.29, 0.717) is 6.42 Å². The molecule has 1 unspecified atom stereocenters. The summed E-state index contributed by atoms with van der Waals surface area (Å²) in [5.41, 5.74) is 0.855. The molecule has 0 aromatic heterocycles. The van der Waals surface area contributed by atoms with Crippen LogP contribution in [0.1, 0.15) is 12.8 Å². The molecule has 1 aliphatic carbocycles. The molecule has 1 atom stereocenters. The van der Waals surface area contributed by atoms with Crippen LogP contribution in [0.2, 0.25) is 0 Å². The van der Waals surface area contributed by atoms with Gasteiger partial charge in [-0.05, 0) is 18.4 Å². The fourth-order valence-electron chi connectivity index (χ4n) is 1.23. The largest absolute Gasteiger partial charge is 0.453 e. The standard InChI is InChI=1S/C10H12NO3/c1-14-10(13)11-9(7-12)8-5-3-2-4-6-8/h2-3,6,9H,4-5H2,1H3,(H,11,13). The Morgan fingerprint density at radius 3 is 2.93 bits per heavy atom. The smallest absolute Gasteiger partial charge is 0.407 e. The summed E-state index contributed by atoms with van der Waals surface area (Å²) >= 11 is 0. The minimum atomic E-state index is -0.688. The lowest BCUT2D eigenvalue weighted by Gasteiger charge is -2.15. The van der Waals surface area contributed by atoms with Crippen molar-refractivity contribution < 1.29 is 14.3 Å². The van der Waals surface area contributed by atoms with Crippen molar-refractivity contribution in [3.05, 3.63) is 23.8 Å². The molecule has 0 spiro atoms. The van der Waals surface area contributed by atoms with Crippen molar-refractivity contribution in [3.63, 3.8) is 0 Å². The van der Waals surface area contributed by atoms with Gasteiger partial charge < -0.3 is 10.1 Å². The summed E-state index contributed by atoms with van der Waals surface area (Å²) < 4.78 is 4.40. The van der Waals surface area contributed by atoms with Crippen LogP contribution in [0.25, 0.3) is 0 Å². The predicted octanol–water partition coefficient (Wildman–Crippen LogP) is 1.10. The van der Waals surface area contributed by atoms with E-state index in [1.54, 1.807) is 6.29 Å². The van der Waals surface area contributed by atoms with Crippen molar-refractivity contribution >= 4 is 12.4 Å². The number of methoxy groups -OCH3 is 1. The second kappa shape index (κ2) is 5.21. The van der Waals surface area contributed by atoms with Gasteiger partial charge in [0.1, 0.15) is 6.04 Å². The molecule has 14 heavy (non-hydrogen) atoms. The summed E-state index contributed by atoms with van der Waals surface area (Å²) in [5.74, 6) is 0. The average Bonchev–Trinajstić information content (AvgIpc) is 2.26. The highest BCUT2D eigenvalue weighted by atomic mass is 16.5. The number of alkyl carbamates (subject to hydrolysis) is 1. The zero-order chi connectivity index (χ0) is 10.4. The van der Waals surface area contributed by atoms with Crippen LogP contribution in [0.5, 0.6) is 0 Å². The maximum absolute atomic E-state index is 10.9. The minimum Gasteiger partial charge on any atom is -0.453 e. The molecule has 0 aromatic rings. The first-order chi connectivity index (χ1) is 6.77. The number of hydrogen-bond acceptors (Lipinski definition) is 3. The maximum Gasteiger partial charge on any atom is 0.407 e. The molecule has 1 radical (unpaired) electrons. The molecule has 0 heterocycles. The highest BCUT2D eigenvalue weighted by Gasteiger charge is 2.17. The first-order valence-electron chi connectivity index (χ1n) is 4.34. The van der Waals surface area contributed by atoms with Crippen molar-refractivity contribution in [3.8, 4) is 0 Å². The number of ether oxygens (including phenoxy) is 1. The van der Waals surface area contributed by atoms with E-state index in [4.69, 9.17) is 0 Å². The molecule has 0 bridgehead atoms. The van der Waals surface area contributed by atoms with Crippen LogP contribution in [-0.4, -0.2) is 25.5 Å². The molecule has 75 valence electrons. The van der Waals surface area contributed by atoms with Gasteiger partial charge in [0.05, 0.1) is 7.11 Å². The van der Waals surface area contributed by atoms with Crippen LogP contribution in [-0.2, 0) is 9.53 Å². The Balaban J connectivity index is 2.57. The van der Waals surface area contributed by atoms with Crippen molar-refractivity contribution in [2.24, 2.45) is 0 Å². The van der Waals surface area contributed by atoms with Crippen LogP contribution in [0.15, 0.2) is 23.8 Å². The first-order valence-corrected chi connectivity index (χ1v) is 4.34. The second-order valence-corrected chi connectivity index (χ2v) is 2.88. The molecular formula is C10H12NO3. The van der Waals surface area contributed by atoms with Gasteiger partial charge in [0.2, 0.25) is 6.29 Å². The molecule has 0 fully saturated rings. The van der Waals surface area contributed by atoms with E-state index in [1.165, 1.54) is 7.11 Å². The second-order valence-electron chi connectivity index (χ2n) is 2.88. The number of nitrogens with one attached hydrogen (secondary N) is 1. The summed E-state index contributed by atoms with van der Waals surface area (Å²) in [5, 5.41) is 2.40. The molecule has 0 saturated carbocycles. The SMILES string of the molecule is COC(=O)NC([C]=O)C1=CCC=CC1. The van der Waals surface area contributed by atoms with Crippen molar-refractivity contribution in [1.29, 1.82) is 0 Å². The number of hydrogen-bond donors (Lipinski definition) is 1. The van der Waals surface area contributed by atoms with E-state index in [2.05, 4.69) is 10.1 Å². The van der Waals surface area contributed by atoms with E-state index in [-0.39, 0.29) is 0 Å². The fraction of sp³-hybridized carbons (Fsp3) is 0.400. The lowest BCUT2D eigenvalue weighted by Crippen LogP contribution is -2.37. The maximum atomic E-state index is 10.9. The van der Waals surface area contributed by atoms with Crippen LogP contribution in [0, 0.1) is 0 Å². The molecular weight excluding hydrogens is 182 g/mol. The van der Waals surface area contributed by atoms with Crippen LogP contribution in [0.3, 0.4) is 0 Å². The Morgan fingerprint density at radius 1 is 1.64 bits per heavy atom. The summed E-state index contributed by atoms with van der Waals surface area (Å²) in [6.45, 7) is 0. The molecule has 1 N–H and O–H groups in total. The number of carbonyl (C=O) groups excluding carboxylic acids is 2. The van der Waals surface area contributed by atoms with Crippen molar-refractivity contribution in [2.45, 2.75) is 18.9 Å². The monoisotopic (exact) mass is 194 g/mol. The van der Waals surface area contributed by atoms with E-state index in [1.807, 2.05) is 18.2 Å². The Labute approximate surface area is 82.6 Å². The van der Waals surface area contributed by atoms with Gasteiger partial charge in [0.25, 0.3) is 0 Å². The third-order valence-electron chi connectivity index (χ3n) is 1.97. The number of allylic oxidation sites excluding steroid dienone is 3. The number of rotatable bonds is 3. The molecule has 0 saturated heterocycles. The highest BCUT2D eigenvalue weighted by molar-refractivity contribution is 5.75. The summed E-state index contributed by atoms with van der Waals surface area (Å²) in [4.78, 5) is 21.5. The van der Waals surface area contributed by atoms with E-state index >= 15 is 0 Å². The van der Waals surface area contributed by atoms with Crippen LogP contribution in [0.4, 0.5) is 4.79 Å². The van der Waals surface area contributed by atoms with Crippen molar-refractivity contribution in [1.82, 2.24) is 5.32 Å². The Kier molecular flexibility index (Phi) is 3.91. The topological polar surface area (TPSA) is 55.4 Å². The van der Waals surface area contributed by atoms with Gasteiger partial charge in [0, 0.05) is 0 Å². The quantitative estimate of drug-likeness (QED) is 0.684. The van der Waals surface area contributed by atoms with Gasteiger partial charge in [-0.15, -0.1) is 0 Å². The third-order valence-corrected chi connectivity index (χ3v) is 1.97. The molecule has 1 aliphatic rings. The van der Waals surface area contributed by atoms with E-state index in [9.17, 15) is 9.59 Å². The molecule has 4 nitrogen and oxygen atoms in total. The van der Waals surface area contributed by atoms with Crippen LogP contribution < -0.4 is 5.32 Å².